The Balaban J connectivity index is 2.19. The van der Waals surface area contributed by atoms with Crippen LogP contribution >= 0.6 is 11.8 Å². The fraction of sp³-hybridized carbons (Fsp3) is 0.421. The Morgan fingerprint density at radius 2 is 1.96 bits per heavy atom. The highest BCUT2D eigenvalue weighted by atomic mass is 32.2. The Labute approximate surface area is 163 Å². The van der Waals surface area contributed by atoms with Crippen LogP contribution in [0, 0.1) is 0 Å². The normalized spacial score (nSPS) is 15.7. The van der Waals surface area contributed by atoms with Crippen molar-refractivity contribution in [2.24, 2.45) is 0 Å². The molecule has 2 amide bonds. The molecule has 27 heavy (non-hydrogen) atoms. The lowest BCUT2D eigenvalue weighted by Gasteiger charge is -2.21. The molecule has 146 valence electrons. The van der Waals surface area contributed by atoms with Crippen LogP contribution in [0.15, 0.2) is 23.1 Å². The Kier molecular flexibility index (Phi) is 6.90. The summed E-state index contributed by atoms with van der Waals surface area (Å²) in [6, 6.07) is 5.18. The molecule has 7 nitrogen and oxygen atoms in total. The van der Waals surface area contributed by atoms with Crippen LogP contribution in [0.1, 0.15) is 33.3 Å². The number of carbonyl (C=O) groups is 3. The summed E-state index contributed by atoms with van der Waals surface area (Å²) < 4.78 is 4.98. The molecule has 0 bridgehead atoms. The van der Waals surface area contributed by atoms with Gasteiger partial charge in [0.1, 0.15) is 12.3 Å². The third-order valence-electron chi connectivity index (χ3n) is 3.96. The van der Waals surface area contributed by atoms with E-state index in [0.717, 1.165) is 35.4 Å². The van der Waals surface area contributed by atoms with Crippen molar-refractivity contribution < 1.29 is 24.2 Å². The van der Waals surface area contributed by atoms with E-state index < -0.39 is 23.7 Å². The van der Waals surface area contributed by atoms with Gasteiger partial charge in [0.15, 0.2) is 0 Å². The van der Waals surface area contributed by atoms with Gasteiger partial charge in [0.05, 0.1) is 11.0 Å². The molecule has 1 N–H and O–H groups in total. The monoisotopic (exact) mass is 392 g/mol. The number of thioether (sulfide) groups is 1. The summed E-state index contributed by atoms with van der Waals surface area (Å²) >= 11 is 0.735. The van der Waals surface area contributed by atoms with E-state index in [4.69, 9.17) is 4.74 Å². The maximum atomic E-state index is 12.4. The number of hydrogen-bond acceptors (Lipinski definition) is 7. The van der Waals surface area contributed by atoms with Gasteiger partial charge in [-0.1, -0.05) is 0 Å². The van der Waals surface area contributed by atoms with Gasteiger partial charge in [-0.2, -0.15) is 0 Å². The van der Waals surface area contributed by atoms with E-state index in [1.807, 2.05) is 19.9 Å². The van der Waals surface area contributed by atoms with Crippen LogP contribution in [0.2, 0.25) is 0 Å². The zero-order chi connectivity index (χ0) is 20.1. The Hall–Kier alpha value is -2.48. The predicted molar refractivity (Wildman–Crippen MR) is 106 cm³/mol. The minimum atomic E-state index is -0.639. The molecular weight excluding hydrogens is 368 g/mol. The molecule has 1 aliphatic heterocycles. The molecule has 1 saturated heterocycles. The lowest BCUT2D eigenvalue weighted by Crippen LogP contribution is -2.35. The molecule has 0 spiro atoms. The van der Waals surface area contributed by atoms with E-state index in [1.54, 1.807) is 26.0 Å². The number of imide groups is 1. The molecule has 1 aromatic carbocycles. The Bertz CT molecular complexity index is 771. The van der Waals surface area contributed by atoms with Gasteiger partial charge >= 0.3 is 5.97 Å². The molecule has 1 heterocycles. The van der Waals surface area contributed by atoms with Gasteiger partial charge in [-0.3, -0.25) is 19.3 Å². The number of phenols is 1. The number of ether oxygens (including phenoxy) is 1. The minimum absolute atomic E-state index is 0.0189. The van der Waals surface area contributed by atoms with E-state index in [-0.39, 0.29) is 16.8 Å². The number of nitrogens with zero attached hydrogens (tertiary/aromatic N) is 2. The molecule has 0 radical (unpaired) electrons. The highest BCUT2D eigenvalue weighted by Gasteiger charge is 2.36. The maximum absolute atomic E-state index is 12.4. The second-order valence-electron chi connectivity index (χ2n) is 6.22. The average molecular weight is 392 g/mol. The Morgan fingerprint density at radius 3 is 2.52 bits per heavy atom. The molecule has 2 rings (SSSR count). The van der Waals surface area contributed by atoms with Gasteiger partial charge in [0.25, 0.3) is 11.1 Å². The highest BCUT2D eigenvalue weighted by molar-refractivity contribution is 8.18. The van der Waals surface area contributed by atoms with Gasteiger partial charge < -0.3 is 14.7 Å². The van der Waals surface area contributed by atoms with Crippen LogP contribution in [0.5, 0.6) is 5.75 Å². The van der Waals surface area contributed by atoms with Crippen LogP contribution in [0.25, 0.3) is 6.08 Å². The largest absolute Gasteiger partial charge is 0.507 e. The first-order valence-electron chi connectivity index (χ1n) is 8.79. The number of aromatic hydroxyl groups is 1. The summed E-state index contributed by atoms with van der Waals surface area (Å²) in [6.07, 6.45) is 1.13. The average Bonchev–Trinajstić information content (AvgIpc) is 2.85. The summed E-state index contributed by atoms with van der Waals surface area (Å²) in [7, 11) is 0. The van der Waals surface area contributed by atoms with Crippen molar-refractivity contribution in [2.75, 3.05) is 24.5 Å². The number of benzene rings is 1. The quantitative estimate of drug-likeness (QED) is 0.563. The Morgan fingerprint density at radius 1 is 1.30 bits per heavy atom. The summed E-state index contributed by atoms with van der Waals surface area (Å²) in [6.45, 7) is 8.62. The molecule has 0 saturated carbocycles. The zero-order valence-electron chi connectivity index (χ0n) is 15.9. The first-order chi connectivity index (χ1) is 12.8. The third-order valence-corrected chi connectivity index (χ3v) is 4.86. The van der Waals surface area contributed by atoms with Gasteiger partial charge in [0, 0.05) is 30.4 Å². The number of anilines is 1. The van der Waals surface area contributed by atoms with Crippen molar-refractivity contribution in [2.45, 2.75) is 33.8 Å². The molecular formula is C19H24N2O5S. The van der Waals surface area contributed by atoms with E-state index in [2.05, 4.69) is 4.90 Å². The topological polar surface area (TPSA) is 87.2 Å². The van der Waals surface area contributed by atoms with Gasteiger partial charge in [-0.15, -0.1) is 0 Å². The van der Waals surface area contributed by atoms with Crippen LogP contribution in [-0.4, -0.2) is 52.9 Å². The maximum Gasteiger partial charge on any atom is 0.326 e. The molecule has 1 fully saturated rings. The van der Waals surface area contributed by atoms with Crippen LogP contribution in [0.3, 0.4) is 0 Å². The lowest BCUT2D eigenvalue weighted by molar-refractivity contribution is -0.149. The SMILES string of the molecule is CCN(CC)c1ccc(/C=C2\SC(=O)N(CC(=O)OC(C)C)C2=O)c(O)c1. The van der Waals surface area contributed by atoms with Gasteiger partial charge in [0.2, 0.25) is 0 Å². The second kappa shape index (κ2) is 8.94. The van der Waals surface area contributed by atoms with E-state index in [1.165, 1.54) is 6.08 Å². The molecule has 8 heteroatoms. The molecule has 0 unspecified atom stereocenters. The number of amides is 2. The fourth-order valence-corrected chi connectivity index (χ4v) is 3.48. The molecule has 0 aliphatic carbocycles. The van der Waals surface area contributed by atoms with Crippen molar-refractivity contribution >= 4 is 40.6 Å². The summed E-state index contributed by atoms with van der Waals surface area (Å²) in [4.78, 5) is 39.3. The lowest BCUT2D eigenvalue weighted by atomic mass is 10.1. The van der Waals surface area contributed by atoms with Gasteiger partial charge in [-0.05, 0) is 57.7 Å². The predicted octanol–water partition coefficient (Wildman–Crippen LogP) is 3.23. The summed E-state index contributed by atoms with van der Waals surface area (Å²) in [5.41, 5.74) is 1.31. The van der Waals surface area contributed by atoms with Crippen molar-refractivity contribution in [3.8, 4) is 5.75 Å². The summed E-state index contributed by atoms with van der Waals surface area (Å²) in [5, 5.41) is 9.75. The molecule has 1 aliphatic rings. The van der Waals surface area contributed by atoms with Crippen molar-refractivity contribution in [1.29, 1.82) is 0 Å². The van der Waals surface area contributed by atoms with Crippen molar-refractivity contribution in [3.63, 3.8) is 0 Å². The number of carbonyl (C=O) groups excluding carboxylic acids is 3. The molecule has 0 aromatic heterocycles. The number of hydrogen-bond donors (Lipinski definition) is 1. The zero-order valence-corrected chi connectivity index (χ0v) is 16.7. The fourth-order valence-electron chi connectivity index (χ4n) is 2.65. The molecule has 0 atom stereocenters. The van der Waals surface area contributed by atoms with Crippen molar-refractivity contribution in [1.82, 2.24) is 4.90 Å². The number of esters is 1. The highest BCUT2D eigenvalue weighted by Crippen LogP contribution is 2.34. The van der Waals surface area contributed by atoms with Crippen LogP contribution in [-0.2, 0) is 14.3 Å². The summed E-state index contributed by atoms with van der Waals surface area (Å²) in [5.74, 6) is -1.19. The van der Waals surface area contributed by atoms with E-state index in [0.29, 0.717) is 5.56 Å². The van der Waals surface area contributed by atoms with E-state index >= 15 is 0 Å². The second-order valence-corrected chi connectivity index (χ2v) is 7.22. The number of rotatable bonds is 7. The smallest absolute Gasteiger partial charge is 0.326 e. The number of phenolic OH excluding ortho intramolecular Hbond substituents is 1. The van der Waals surface area contributed by atoms with Gasteiger partial charge in [-0.25, -0.2) is 0 Å². The standard InChI is InChI=1S/C19H24N2O5S/c1-5-20(6-2)14-8-7-13(15(22)10-14)9-16-18(24)21(19(25)27-16)11-17(23)26-12(3)4/h7-10,12,22H,5-6,11H2,1-4H3/b16-9-. The van der Waals surface area contributed by atoms with E-state index in [9.17, 15) is 19.5 Å². The van der Waals surface area contributed by atoms with Crippen LogP contribution < -0.4 is 4.90 Å². The minimum Gasteiger partial charge on any atom is -0.507 e. The first-order valence-corrected chi connectivity index (χ1v) is 9.61. The third kappa shape index (κ3) is 5.03. The van der Waals surface area contributed by atoms with Crippen molar-refractivity contribution in [3.05, 3.63) is 28.7 Å². The van der Waals surface area contributed by atoms with Crippen LogP contribution in [0.4, 0.5) is 10.5 Å². The molecule has 1 aromatic rings. The first kappa shape index (κ1) is 20.8.